The third-order valence-corrected chi connectivity index (χ3v) is 5.22. The highest BCUT2D eigenvalue weighted by molar-refractivity contribution is 7.13. The van der Waals surface area contributed by atoms with Gasteiger partial charge >= 0.3 is 0 Å². The van der Waals surface area contributed by atoms with E-state index in [1.807, 2.05) is 17.5 Å². The van der Waals surface area contributed by atoms with E-state index in [4.69, 9.17) is 4.52 Å². The van der Waals surface area contributed by atoms with Crippen LogP contribution in [0, 0.1) is 6.92 Å². The summed E-state index contributed by atoms with van der Waals surface area (Å²) in [5.74, 6) is 0.565. The predicted molar refractivity (Wildman–Crippen MR) is 101 cm³/mol. The Morgan fingerprint density at radius 1 is 1.31 bits per heavy atom. The van der Waals surface area contributed by atoms with Crippen molar-refractivity contribution in [2.75, 3.05) is 6.54 Å². The van der Waals surface area contributed by atoms with Gasteiger partial charge in [0.25, 0.3) is 11.6 Å². The van der Waals surface area contributed by atoms with Gasteiger partial charge in [-0.1, -0.05) is 17.6 Å². The normalized spacial score (nSPS) is 14.7. The highest BCUT2D eigenvalue weighted by Crippen LogP contribution is 2.29. The van der Waals surface area contributed by atoms with E-state index in [0.29, 0.717) is 28.1 Å². The number of nitrogens with one attached hydrogen (secondary N) is 2. The molecule has 2 N–H and O–H groups in total. The fraction of sp³-hybridized carbons (Fsp3) is 0.333. The lowest BCUT2D eigenvalue weighted by Gasteiger charge is -2.11. The first-order valence-electron chi connectivity index (χ1n) is 8.63. The molecule has 8 heteroatoms. The van der Waals surface area contributed by atoms with Crippen LogP contribution >= 0.6 is 11.3 Å². The summed E-state index contributed by atoms with van der Waals surface area (Å²) in [7, 11) is 0. The number of carbonyl (C=O) groups excluding carboxylic acids is 1. The standard InChI is InChI=1S/C18H19N5O2S/c1-11-16-12(17(24)22-21-15-7-3-2-4-8-19-15)10-13(14-6-5-9-26-14)20-18(16)25-23-11/h5-6,9-10H,2-4,7-8H2,1H3,(H,19,21)(H,22,24). The predicted octanol–water partition coefficient (Wildman–Crippen LogP) is 3.47. The molecule has 0 fully saturated rings. The molecule has 4 heterocycles. The van der Waals surface area contributed by atoms with Gasteiger partial charge in [-0.2, -0.15) is 0 Å². The second kappa shape index (κ2) is 7.25. The van der Waals surface area contributed by atoms with Crippen molar-refractivity contribution in [3.05, 3.63) is 34.8 Å². The minimum atomic E-state index is -0.256. The van der Waals surface area contributed by atoms with E-state index in [9.17, 15) is 4.79 Å². The second-order valence-corrected chi connectivity index (χ2v) is 7.15. The van der Waals surface area contributed by atoms with Crippen LogP contribution in [0.25, 0.3) is 21.7 Å². The summed E-state index contributed by atoms with van der Waals surface area (Å²) >= 11 is 1.56. The van der Waals surface area contributed by atoms with Crippen LogP contribution in [0.4, 0.5) is 0 Å². The Morgan fingerprint density at radius 3 is 3.08 bits per heavy atom. The molecular formula is C18H19N5O2S. The van der Waals surface area contributed by atoms with Crippen LogP contribution in [0.2, 0.25) is 0 Å². The fourth-order valence-electron chi connectivity index (χ4n) is 3.00. The Morgan fingerprint density at radius 2 is 2.23 bits per heavy atom. The molecular weight excluding hydrogens is 350 g/mol. The van der Waals surface area contributed by atoms with Crippen molar-refractivity contribution < 1.29 is 9.32 Å². The Hall–Kier alpha value is -2.74. The maximum atomic E-state index is 12.8. The first kappa shape index (κ1) is 16.7. The van der Waals surface area contributed by atoms with Crippen LogP contribution < -0.4 is 10.9 Å². The highest BCUT2D eigenvalue weighted by atomic mass is 32.1. The van der Waals surface area contributed by atoms with Gasteiger partial charge in [0.1, 0.15) is 5.84 Å². The van der Waals surface area contributed by atoms with Crippen molar-refractivity contribution in [3.63, 3.8) is 0 Å². The molecule has 1 aliphatic rings. The molecule has 1 amide bonds. The number of hydrazine groups is 1. The summed E-state index contributed by atoms with van der Waals surface area (Å²) in [6, 6.07) is 5.69. The molecule has 0 atom stereocenters. The lowest BCUT2D eigenvalue weighted by atomic mass is 10.1. The van der Waals surface area contributed by atoms with E-state index in [-0.39, 0.29) is 5.91 Å². The number of thiophene rings is 1. The number of amidine groups is 1. The molecule has 0 radical (unpaired) electrons. The molecule has 7 nitrogen and oxygen atoms in total. The summed E-state index contributed by atoms with van der Waals surface area (Å²) in [6.07, 6.45) is 4.18. The monoisotopic (exact) mass is 369 g/mol. The Bertz CT molecular complexity index is 962. The fourth-order valence-corrected chi connectivity index (χ4v) is 3.68. The van der Waals surface area contributed by atoms with Gasteiger partial charge in [0, 0.05) is 13.0 Å². The van der Waals surface area contributed by atoms with Gasteiger partial charge in [-0.25, -0.2) is 4.98 Å². The van der Waals surface area contributed by atoms with E-state index in [2.05, 4.69) is 26.0 Å². The molecule has 0 saturated carbocycles. The molecule has 0 unspecified atom stereocenters. The number of amides is 1. The van der Waals surface area contributed by atoms with Gasteiger partial charge in [-0.05, 0) is 37.3 Å². The largest absolute Gasteiger partial charge is 0.335 e. The van der Waals surface area contributed by atoms with Gasteiger partial charge in [-0.15, -0.1) is 11.3 Å². The van der Waals surface area contributed by atoms with Crippen molar-refractivity contribution in [1.29, 1.82) is 0 Å². The van der Waals surface area contributed by atoms with Gasteiger partial charge < -0.3 is 4.52 Å². The van der Waals surface area contributed by atoms with Gasteiger partial charge in [0.15, 0.2) is 0 Å². The molecule has 0 aromatic carbocycles. The number of hydrogen-bond acceptors (Lipinski definition) is 7. The van der Waals surface area contributed by atoms with Gasteiger partial charge in [-0.3, -0.25) is 20.6 Å². The molecule has 0 bridgehead atoms. The van der Waals surface area contributed by atoms with Crippen LogP contribution in [0.1, 0.15) is 41.7 Å². The van der Waals surface area contributed by atoms with E-state index in [0.717, 1.165) is 42.9 Å². The van der Waals surface area contributed by atoms with Crippen molar-refractivity contribution >= 4 is 34.2 Å². The Labute approximate surface area is 154 Å². The number of nitrogens with zero attached hydrogens (tertiary/aromatic N) is 3. The first-order valence-corrected chi connectivity index (χ1v) is 9.51. The minimum Gasteiger partial charge on any atom is -0.335 e. The lowest BCUT2D eigenvalue weighted by molar-refractivity contribution is 0.0945. The van der Waals surface area contributed by atoms with E-state index in [1.165, 1.54) is 0 Å². The molecule has 134 valence electrons. The van der Waals surface area contributed by atoms with Gasteiger partial charge in [0.05, 0.1) is 27.2 Å². The van der Waals surface area contributed by atoms with E-state index >= 15 is 0 Å². The quantitative estimate of drug-likeness (QED) is 0.675. The van der Waals surface area contributed by atoms with Crippen molar-refractivity contribution in [2.45, 2.75) is 32.6 Å². The number of rotatable bonds is 2. The first-order chi connectivity index (χ1) is 12.7. The number of carbonyl (C=O) groups is 1. The smallest absolute Gasteiger partial charge is 0.270 e. The molecule has 0 saturated heterocycles. The summed E-state index contributed by atoms with van der Waals surface area (Å²) in [5.41, 5.74) is 7.92. The second-order valence-electron chi connectivity index (χ2n) is 6.20. The number of fused-ring (bicyclic) bond motifs is 1. The third-order valence-electron chi connectivity index (χ3n) is 4.33. The summed E-state index contributed by atoms with van der Waals surface area (Å²) in [6.45, 7) is 2.60. The summed E-state index contributed by atoms with van der Waals surface area (Å²) < 4.78 is 5.31. The van der Waals surface area contributed by atoms with Gasteiger partial charge in [0.2, 0.25) is 0 Å². The number of aryl methyl sites for hydroxylation is 1. The van der Waals surface area contributed by atoms with Crippen molar-refractivity contribution in [2.24, 2.45) is 4.99 Å². The number of aromatic nitrogens is 2. The maximum Gasteiger partial charge on any atom is 0.270 e. The minimum absolute atomic E-state index is 0.256. The molecule has 4 rings (SSSR count). The van der Waals surface area contributed by atoms with Crippen LogP contribution in [0.3, 0.4) is 0 Å². The average molecular weight is 369 g/mol. The summed E-state index contributed by atoms with van der Waals surface area (Å²) in [4.78, 5) is 22.8. The highest BCUT2D eigenvalue weighted by Gasteiger charge is 2.20. The maximum absolute atomic E-state index is 12.8. The van der Waals surface area contributed by atoms with E-state index < -0.39 is 0 Å². The number of aliphatic imine (C=N–C) groups is 1. The molecule has 0 spiro atoms. The summed E-state index contributed by atoms with van der Waals surface area (Å²) in [5, 5.41) is 6.57. The Balaban J connectivity index is 1.64. The number of hydrogen-bond donors (Lipinski definition) is 2. The molecule has 3 aromatic rings. The molecule has 3 aromatic heterocycles. The zero-order valence-corrected chi connectivity index (χ0v) is 15.2. The Kier molecular flexibility index (Phi) is 4.66. The molecule has 26 heavy (non-hydrogen) atoms. The van der Waals surface area contributed by atoms with Crippen molar-refractivity contribution in [1.82, 2.24) is 21.0 Å². The topological polar surface area (TPSA) is 92.4 Å². The van der Waals surface area contributed by atoms with Crippen LogP contribution in [0.15, 0.2) is 33.1 Å². The van der Waals surface area contributed by atoms with Crippen molar-refractivity contribution in [3.8, 4) is 10.6 Å². The lowest BCUT2D eigenvalue weighted by Crippen LogP contribution is -2.41. The number of pyridine rings is 1. The van der Waals surface area contributed by atoms with Crippen LogP contribution in [-0.4, -0.2) is 28.4 Å². The van der Waals surface area contributed by atoms with Crippen LogP contribution in [0.5, 0.6) is 0 Å². The average Bonchev–Trinajstić information content (AvgIpc) is 3.23. The zero-order chi connectivity index (χ0) is 17.9. The third kappa shape index (κ3) is 3.32. The SMILES string of the molecule is Cc1noc2nc(-c3cccs3)cc(C(=O)NNC3=NCCCCC3)c12. The molecule has 0 aliphatic carbocycles. The zero-order valence-electron chi connectivity index (χ0n) is 14.4. The van der Waals surface area contributed by atoms with Crippen LogP contribution in [-0.2, 0) is 0 Å². The molecule has 1 aliphatic heterocycles. The van der Waals surface area contributed by atoms with E-state index in [1.54, 1.807) is 24.3 Å².